The van der Waals surface area contributed by atoms with E-state index in [1.54, 1.807) is 0 Å². The van der Waals surface area contributed by atoms with Crippen LogP contribution in [0.4, 0.5) is 11.8 Å². The summed E-state index contributed by atoms with van der Waals surface area (Å²) in [6.45, 7) is 9.97. The Labute approximate surface area is 136 Å². The summed E-state index contributed by atoms with van der Waals surface area (Å²) in [4.78, 5) is 15.6. The van der Waals surface area contributed by atoms with Gasteiger partial charge in [-0.05, 0) is 26.7 Å². The average Bonchev–Trinajstić information content (AvgIpc) is 2.96. The molecule has 1 aliphatic heterocycles. The van der Waals surface area contributed by atoms with Crippen molar-refractivity contribution in [2.45, 2.75) is 52.5 Å². The van der Waals surface area contributed by atoms with Gasteiger partial charge >= 0.3 is 6.01 Å². The molecule has 2 aromatic rings. The van der Waals surface area contributed by atoms with Crippen molar-refractivity contribution in [3.8, 4) is 0 Å². The van der Waals surface area contributed by atoms with Crippen molar-refractivity contribution in [3.63, 3.8) is 0 Å². The number of aryl methyl sites for hydroxylation is 2. The zero-order valence-corrected chi connectivity index (χ0v) is 14.2. The summed E-state index contributed by atoms with van der Waals surface area (Å²) in [6, 6.07) is 2.94. The lowest BCUT2D eigenvalue weighted by atomic mass is 10.1. The van der Waals surface area contributed by atoms with Crippen LogP contribution < -0.4 is 10.2 Å². The van der Waals surface area contributed by atoms with Crippen molar-refractivity contribution in [1.29, 1.82) is 0 Å². The van der Waals surface area contributed by atoms with E-state index in [0.717, 1.165) is 49.1 Å². The maximum atomic E-state index is 5.27. The van der Waals surface area contributed by atoms with Gasteiger partial charge in [0.05, 0.1) is 0 Å². The second-order valence-corrected chi connectivity index (χ2v) is 6.43. The standard InChI is InChI=1S/C16H24N6O/c1-10(2)15-20-16(23-21-15)19-13-5-7-22(8-6-13)14-9-11(3)17-12(4)18-14/h9-10,13H,5-8H2,1-4H3,(H,19,20,21). The number of hydrogen-bond donors (Lipinski definition) is 1. The quantitative estimate of drug-likeness (QED) is 0.928. The van der Waals surface area contributed by atoms with Gasteiger partial charge in [-0.15, -0.1) is 0 Å². The van der Waals surface area contributed by atoms with Crippen molar-refractivity contribution < 1.29 is 4.52 Å². The SMILES string of the molecule is Cc1cc(N2CCC(Nc3nc(C(C)C)no3)CC2)nc(C)n1. The molecule has 0 saturated carbocycles. The minimum Gasteiger partial charge on any atom is -0.356 e. The summed E-state index contributed by atoms with van der Waals surface area (Å²) in [5, 5.41) is 7.34. The Bertz CT molecular complexity index is 640. The minimum atomic E-state index is 0.278. The predicted molar refractivity (Wildman–Crippen MR) is 88.8 cm³/mol. The van der Waals surface area contributed by atoms with E-state index in [2.05, 4.69) is 44.2 Å². The van der Waals surface area contributed by atoms with Gasteiger partial charge in [0.25, 0.3) is 0 Å². The van der Waals surface area contributed by atoms with Crippen LogP contribution in [0, 0.1) is 13.8 Å². The molecule has 7 nitrogen and oxygen atoms in total. The molecule has 3 rings (SSSR count). The number of hydrogen-bond acceptors (Lipinski definition) is 7. The molecule has 1 aliphatic rings. The molecule has 1 saturated heterocycles. The highest BCUT2D eigenvalue weighted by atomic mass is 16.5. The van der Waals surface area contributed by atoms with Crippen LogP contribution in [0.1, 0.15) is 49.9 Å². The van der Waals surface area contributed by atoms with Crippen LogP contribution in [0.3, 0.4) is 0 Å². The third kappa shape index (κ3) is 3.78. The molecule has 0 radical (unpaired) electrons. The molecule has 23 heavy (non-hydrogen) atoms. The first-order valence-corrected chi connectivity index (χ1v) is 8.18. The Morgan fingerprint density at radius 2 is 1.91 bits per heavy atom. The Morgan fingerprint density at radius 1 is 1.17 bits per heavy atom. The molecule has 3 heterocycles. The molecule has 0 atom stereocenters. The lowest BCUT2D eigenvalue weighted by Crippen LogP contribution is -2.39. The zero-order chi connectivity index (χ0) is 16.4. The highest BCUT2D eigenvalue weighted by molar-refractivity contribution is 5.40. The van der Waals surface area contributed by atoms with Crippen molar-refractivity contribution in [2.75, 3.05) is 23.3 Å². The molecule has 0 unspecified atom stereocenters. The van der Waals surface area contributed by atoms with Crippen LogP contribution in [0.25, 0.3) is 0 Å². The van der Waals surface area contributed by atoms with Gasteiger partial charge in [0.1, 0.15) is 11.6 Å². The number of rotatable bonds is 4. The summed E-state index contributed by atoms with van der Waals surface area (Å²) in [5.41, 5.74) is 1.01. The molecule has 1 N–H and O–H groups in total. The Hall–Kier alpha value is -2.18. The van der Waals surface area contributed by atoms with Gasteiger partial charge < -0.3 is 14.7 Å². The van der Waals surface area contributed by atoms with E-state index in [0.29, 0.717) is 12.1 Å². The smallest absolute Gasteiger partial charge is 0.321 e. The highest BCUT2D eigenvalue weighted by Crippen LogP contribution is 2.21. The second-order valence-electron chi connectivity index (χ2n) is 6.43. The van der Waals surface area contributed by atoms with Crippen LogP contribution in [0.2, 0.25) is 0 Å². The topological polar surface area (TPSA) is 80.0 Å². The van der Waals surface area contributed by atoms with E-state index in [9.17, 15) is 0 Å². The first-order chi connectivity index (χ1) is 11.0. The molecule has 1 fully saturated rings. The van der Waals surface area contributed by atoms with E-state index >= 15 is 0 Å². The first kappa shape index (κ1) is 15.7. The molecule has 0 aliphatic carbocycles. The van der Waals surface area contributed by atoms with Crippen LogP contribution in [0.5, 0.6) is 0 Å². The fourth-order valence-electron chi connectivity index (χ4n) is 2.81. The highest BCUT2D eigenvalue weighted by Gasteiger charge is 2.22. The van der Waals surface area contributed by atoms with Crippen LogP contribution in [-0.2, 0) is 0 Å². The lowest BCUT2D eigenvalue weighted by Gasteiger charge is -2.32. The van der Waals surface area contributed by atoms with E-state index in [1.807, 2.05) is 19.9 Å². The van der Waals surface area contributed by atoms with Gasteiger partial charge in [0.15, 0.2) is 5.82 Å². The second kappa shape index (κ2) is 6.52. The molecule has 2 aromatic heterocycles. The molecule has 0 amide bonds. The third-order valence-electron chi connectivity index (χ3n) is 4.06. The fraction of sp³-hybridized carbons (Fsp3) is 0.625. The number of nitrogens with one attached hydrogen (secondary N) is 1. The van der Waals surface area contributed by atoms with Crippen molar-refractivity contribution >= 4 is 11.8 Å². The molecular weight excluding hydrogens is 292 g/mol. The van der Waals surface area contributed by atoms with E-state index in [4.69, 9.17) is 4.52 Å². The van der Waals surface area contributed by atoms with Gasteiger partial charge in [-0.25, -0.2) is 9.97 Å². The van der Waals surface area contributed by atoms with Gasteiger partial charge in [-0.1, -0.05) is 19.0 Å². The Morgan fingerprint density at radius 3 is 2.52 bits per heavy atom. The number of anilines is 2. The molecule has 0 bridgehead atoms. The van der Waals surface area contributed by atoms with Crippen molar-refractivity contribution in [3.05, 3.63) is 23.4 Å². The fourth-order valence-corrected chi connectivity index (χ4v) is 2.81. The summed E-state index contributed by atoms with van der Waals surface area (Å²) >= 11 is 0. The third-order valence-corrected chi connectivity index (χ3v) is 4.06. The van der Waals surface area contributed by atoms with E-state index in [1.165, 1.54) is 0 Å². The van der Waals surface area contributed by atoms with Crippen molar-refractivity contribution in [1.82, 2.24) is 20.1 Å². The monoisotopic (exact) mass is 316 g/mol. The zero-order valence-electron chi connectivity index (χ0n) is 14.2. The van der Waals surface area contributed by atoms with Gasteiger partial charge in [0, 0.05) is 36.8 Å². The maximum absolute atomic E-state index is 5.27. The first-order valence-electron chi connectivity index (χ1n) is 8.18. The molecule has 0 aromatic carbocycles. The van der Waals surface area contributed by atoms with Gasteiger partial charge in [-0.2, -0.15) is 4.98 Å². The van der Waals surface area contributed by atoms with Gasteiger partial charge in [-0.3, -0.25) is 0 Å². The van der Waals surface area contributed by atoms with Gasteiger partial charge in [0.2, 0.25) is 0 Å². The van der Waals surface area contributed by atoms with Crippen LogP contribution in [0.15, 0.2) is 10.6 Å². The molecule has 124 valence electrons. The predicted octanol–water partition coefficient (Wildman–Crippen LogP) is 2.68. The summed E-state index contributed by atoms with van der Waals surface area (Å²) in [7, 11) is 0. The molecular formula is C16H24N6O. The lowest BCUT2D eigenvalue weighted by molar-refractivity contribution is 0.408. The normalized spacial score (nSPS) is 16.1. The largest absolute Gasteiger partial charge is 0.356 e. The Balaban J connectivity index is 1.57. The average molecular weight is 316 g/mol. The summed E-state index contributed by atoms with van der Waals surface area (Å²) in [6.07, 6.45) is 2.03. The van der Waals surface area contributed by atoms with E-state index < -0.39 is 0 Å². The minimum absolute atomic E-state index is 0.278. The molecule has 0 spiro atoms. The number of nitrogens with zero attached hydrogens (tertiary/aromatic N) is 5. The summed E-state index contributed by atoms with van der Waals surface area (Å²) in [5.74, 6) is 2.87. The number of aromatic nitrogens is 4. The van der Waals surface area contributed by atoms with Crippen LogP contribution in [-0.4, -0.2) is 39.2 Å². The maximum Gasteiger partial charge on any atom is 0.321 e. The van der Waals surface area contributed by atoms with Crippen molar-refractivity contribution in [2.24, 2.45) is 0 Å². The summed E-state index contributed by atoms with van der Waals surface area (Å²) < 4.78 is 5.27. The Kier molecular flexibility index (Phi) is 4.45. The molecule has 7 heteroatoms. The van der Waals surface area contributed by atoms with E-state index in [-0.39, 0.29) is 5.92 Å². The van der Waals surface area contributed by atoms with Crippen LogP contribution >= 0.6 is 0 Å². The number of piperidine rings is 1.